The number of hydrogen-bond acceptors (Lipinski definition) is 5. The van der Waals surface area contributed by atoms with Crippen molar-refractivity contribution in [2.75, 3.05) is 0 Å². The molecule has 0 aliphatic carbocycles. The lowest BCUT2D eigenvalue weighted by Crippen LogP contribution is -2.31. The van der Waals surface area contributed by atoms with Crippen molar-refractivity contribution < 1.29 is 19.0 Å². The molecule has 1 aromatic carbocycles. The number of nitrogens with zero attached hydrogens (tertiary/aromatic N) is 2. The number of benzene rings is 1. The lowest BCUT2D eigenvalue weighted by atomic mass is 9.98. The third kappa shape index (κ3) is 4.22. The van der Waals surface area contributed by atoms with Crippen LogP contribution in [0.15, 0.2) is 47.9 Å². The molecule has 3 aromatic rings. The first-order valence-electron chi connectivity index (χ1n) is 9.91. The molecule has 7 heteroatoms. The van der Waals surface area contributed by atoms with E-state index in [1.165, 1.54) is 12.1 Å². The van der Waals surface area contributed by atoms with Gasteiger partial charge in [-0.15, -0.1) is 11.3 Å². The number of hydrogen-bond donors (Lipinski definition) is 1. The molecule has 3 heterocycles. The lowest BCUT2D eigenvalue weighted by Gasteiger charge is -2.23. The summed E-state index contributed by atoms with van der Waals surface area (Å²) in [5, 5.41) is 17.7. The average molecular weight is 427 g/mol. The summed E-state index contributed by atoms with van der Waals surface area (Å²) in [6, 6.07) is 10.3. The van der Waals surface area contributed by atoms with Crippen molar-refractivity contribution in [3.05, 3.63) is 64.9 Å². The van der Waals surface area contributed by atoms with Gasteiger partial charge < -0.3 is 9.84 Å². The summed E-state index contributed by atoms with van der Waals surface area (Å²) in [6.07, 6.45) is 2.90. The second-order valence-electron chi connectivity index (χ2n) is 7.65. The van der Waals surface area contributed by atoms with Gasteiger partial charge in [0.05, 0.1) is 23.9 Å². The second-order valence-corrected chi connectivity index (χ2v) is 8.58. The Morgan fingerprint density at radius 3 is 2.70 bits per heavy atom. The van der Waals surface area contributed by atoms with Crippen molar-refractivity contribution in [3.63, 3.8) is 0 Å². The van der Waals surface area contributed by atoms with Crippen LogP contribution in [-0.2, 0) is 9.53 Å². The molecule has 0 radical (unpaired) electrons. The van der Waals surface area contributed by atoms with Crippen molar-refractivity contribution >= 4 is 23.4 Å². The van der Waals surface area contributed by atoms with E-state index in [-0.39, 0.29) is 18.2 Å². The van der Waals surface area contributed by atoms with Crippen LogP contribution >= 0.6 is 11.3 Å². The van der Waals surface area contributed by atoms with Crippen LogP contribution in [0.25, 0.3) is 22.3 Å². The molecule has 1 aliphatic heterocycles. The van der Waals surface area contributed by atoms with Crippen LogP contribution in [0.5, 0.6) is 0 Å². The smallest absolute Gasteiger partial charge is 0.309 e. The van der Waals surface area contributed by atoms with Gasteiger partial charge in [-0.2, -0.15) is 5.10 Å². The maximum absolute atomic E-state index is 13.6. The Bertz CT molecular complexity index is 1060. The molecule has 2 aromatic heterocycles. The highest BCUT2D eigenvalue weighted by atomic mass is 32.1. The van der Waals surface area contributed by atoms with Gasteiger partial charge in [0.2, 0.25) is 0 Å². The second kappa shape index (κ2) is 8.53. The van der Waals surface area contributed by atoms with E-state index in [1.54, 1.807) is 29.5 Å². The van der Waals surface area contributed by atoms with Gasteiger partial charge >= 0.3 is 5.97 Å². The molecule has 30 heavy (non-hydrogen) atoms. The van der Waals surface area contributed by atoms with E-state index in [0.717, 1.165) is 27.5 Å². The SMILES string of the molecule is CC(C)c1nn(-c2cccs2)c(-c2ccc(F)cc2)c1/C=C/[C@@H]1C[C@@H](O)CC(=O)O1. The molecule has 156 valence electrons. The van der Waals surface area contributed by atoms with Crippen molar-refractivity contribution in [3.8, 4) is 16.3 Å². The highest BCUT2D eigenvalue weighted by molar-refractivity contribution is 7.12. The summed E-state index contributed by atoms with van der Waals surface area (Å²) in [5.74, 6) is -0.560. The number of esters is 1. The van der Waals surface area contributed by atoms with Gasteiger partial charge in [-0.3, -0.25) is 4.79 Å². The van der Waals surface area contributed by atoms with Crippen LogP contribution in [0, 0.1) is 5.82 Å². The van der Waals surface area contributed by atoms with E-state index in [2.05, 4.69) is 13.8 Å². The van der Waals surface area contributed by atoms with Gasteiger partial charge in [-0.25, -0.2) is 9.07 Å². The summed E-state index contributed by atoms with van der Waals surface area (Å²) in [6.45, 7) is 4.13. The highest BCUT2D eigenvalue weighted by Crippen LogP contribution is 2.35. The average Bonchev–Trinajstić information content (AvgIpc) is 3.34. The van der Waals surface area contributed by atoms with Crippen LogP contribution in [0.2, 0.25) is 0 Å². The summed E-state index contributed by atoms with van der Waals surface area (Å²) in [5.41, 5.74) is 3.47. The van der Waals surface area contributed by atoms with Crippen molar-refractivity contribution in [2.24, 2.45) is 0 Å². The predicted octanol–water partition coefficient (Wildman–Crippen LogP) is 4.94. The molecule has 5 nitrogen and oxygen atoms in total. The van der Waals surface area contributed by atoms with E-state index in [9.17, 15) is 14.3 Å². The third-order valence-electron chi connectivity index (χ3n) is 5.00. The standard InChI is InChI=1S/C23H23FN2O3S/c1-14(2)22-19(10-9-18-12-17(27)13-21(28)29-18)23(15-5-7-16(24)8-6-15)26(25-22)20-4-3-11-30-20/h3-11,14,17-18,27H,12-13H2,1-2H3/b10-9+/t17-,18-/m1/s1. The Labute approximate surface area is 178 Å². The Morgan fingerprint density at radius 1 is 1.30 bits per heavy atom. The van der Waals surface area contributed by atoms with Gasteiger partial charge in [0.25, 0.3) is 0 Å². The minimum atomic E-state index is -0.698. The first kappa shape index (κ1) is 20.5. The number of aromatic nitrogens is 2. The van der Waals surface area contributed by atoms with Crippen LogP contribution in [0.3, 0.4) is 0 Å². The molecule has 2 atom stereocenters. The molecular weight excluding hydrogens is 403 g/mol. The molecule has 0 saturated carbocycles. The maximum Gasteiger partial charge on any atom is 0.309 e. The van der Waals surface area contributed by atoms with E-state index < -0.39 is 18.2 Å². The molecule has 1 aliphatic rings. The summed E-state index contributed by atoms with van der Waals surface area (Å²) < 4.78 is 20.8. The van der Waals surface area contributed by atoms with Gasteiger partial charge in [-0.05, 0) is 53.8 Å². The van der Waals surface area contributed by atoms with Crippen molar-refractivity contribution in [1.29, 1.82) is 0 Å². The first-order chi connectivity index (χ1) is 14.4. The minimum absolute atomic E-state index is 0.0265. The topological polar surface area (TPSA) is 64.3 Å². The zero-order valence-corrected chi connectivity index (χ0v) is 17.6. The Morgan fingerprint density at radius 2 is 2.07 bits per heavy atom. The number of cyclic esters (lactones) is 1. The zero-order valence-electron chi connectivity index (χ0n) is 16.8. The van der Waals surface area contributed by atoms with Gasteiger partial charge in [-0.1, -0.05) is 19.9 Å². The number of thiophene rings is 1. The van der Waals surface area contributed by atoms with E-state index in [0.29, 0.717) is 6.42 Å². The summed E-state index contributed by atoms with van der Waals surface area (Å²) >= 11 is 1.57. The number of carbonyl (C=O) groups is 1. The largest absolute Gasteiger partial charge is 0.458 e. The van der Waals surface area contributed by atoms with Gasteiger partial charge in [0, 0.05) is 17.5 Å². The molecule has 1 N–H and O–H groups in total. The van der Waals surface area contributed by atoms with Crippen LogP contribution in [0.1, 0.15) is 43.9 Å². The normalized spacial score (nSPS) is 19.6. The predicted molar refractivity (Wildman–Crippen MR) is 115 cm³/mol. The number of ether oxygens (including phenoxy) is 1. The fourth-order valence-corrected chi connectivity index (χ4v) is 4.29. The molecule has 0 amide bonds. The van der Waals surface area contributed by atoms with E-state index >= 15 is 0 Å². The van der Waals surface area contributed by atoms with Crippen LogP contribution in [-0.4, -0.2) is 33.1 Å². The van der Waals surface area contributed by atoms with Crippen LogP contribution < -0.4 is 0 Å². The molecule has 0 unspecified atom stereocenters. The number of aliphatic hydroxyl groups excluding tert-OH is 1. The molecule has 1 saturated heterocycles. The summed E-state index contributed by atoms with van der Waals surface area (Å²) in [7, 11) is 0. The molecule has 4 rings (SSSR count). The minimum Gasteiger partial charge on any atom is -0.458 e. The lowest BCUT2D eigenvalue weighted by molar-refractivity contribution is -0.156. The zero-order chi connectivity index (χ0) is 21.3. The van der Waals surface area contributed by atoms with E-state index in [1.807, 2.05) is 28.3 Å². The molecular formula is C23H23FN2O3S. The molecule has 0 spiro atoms. The summed E-state index contributed by atoms with van der Waals surface area (Å²) in [4.78, 5) is 11.7. The number of aliphatic hydroxyl groups is 1. The number of carbonyl (C=O) groups excluding carboxylic acids is 1. The Balaban J connectivity index is 1.84. The Hall–Kier alpha value is -2.77. The van der Waals surface area contributed by atoms with Crippen molar-refractivity contribution in [1.82, 2.24) is 9.78 Å². The van der Waals surface area contributed by atoms with Gasteiger partial charge in [0.15, 0.2) is 0 Å². The maximum atomic E-state index is 13.6. The number of halogens is 1. The fraction of sp³-hybridized carbons (Fsp3) is 0.304. The van der Waals surface area contributed by atoms with Gasteiger partial charge in [0.1, 0.15) is 16.9 Å². The monoisotopic (exact) mass is 426 g/mol. The quantitative estimate of drug-likeness (QED) is 0.587. The Kier molecular flexibility index (Phi) is 5.83. The van der Waals surface area contributed by atoms with E-state index in [4.69, 9.17) is 9.84 Å². The molecule has 0 bridgehead atoms. The number of rotatable bonds is 5. The highest BCUT2D eigenvalue weighted by Gasteiger charge is 2.26. The third-order valence-corrected chi connectivity index (χ3v) is 5.84. The fourth-order valence-electron chi connectivity index (χ4n) is 3.60. The first-order valence-corrected chi connectivity index (χ1v) is 10.8. The van der Waals surface area contributed by atoms with Crippen molar-refractivity contribution in [2.45, 2.75) is 44.8 Å². The van der Waals surface area contributed by atoms with Crippen LogP contribution in [0.4, 0.5) is 4.39 Å². The molecule has 1 fully saturated rings.